The third kappa shape index (κ3) is 3.97. The Balaban J connectivity index is 1.96. The molecule has 1 saturated heterocycles. The summed E-state index contributed by atoms with van der Waals surface area (Å²) in [5.41, 5.74) is 1.27. The van der Waals surface area contributed by atoms with Crippen LogP contribution in [0.25, 0.3) is 0 Å². The maximum Gasteiger partial charge on any atom is 0.123 e. The van der Waals surface area contributed by atoms with Gasteiger partial charge in [0.25, 0.3) is 0 Å². The maximum absolute atomic E-state index is 5.49. The summed E-state index contributed by atoms with van der Waals surface area (Å²) >= 11 is 0. The first kappa shape index (κ1) is 15.3. The van der Waals surface area contributed by atoms with Crippen LogP contribution < -0.4 is 15.4 Å². The highest BCUT2D eigenvalue weighted by molar-refractivity contribution is 5.35. The minimum Gasteiger partial charge on any atom is -0.496 e. The van der Waals surface area contributed by atoms with Gasteiger partial charge in [-0.25, -0.2) is 0 Å². The zero-order chi connectivity index (χ0) is 14.4. The quantitative estimate of drug-likeness (QED) is 0.802. The van der Waals surface area contributed by atoms with Crippen LogP contribution in [0.3, 0.4) is 0 Å². The first-order valence-electron chi connectivity index (χ1n) is 7.87. The fraction of sp³-hybridized carbons (Fsp3) is 0.647. The van der Waals surface area contributed by atoms with Crippen LogP contribution in [0.15, 0.2) is 24.3 Å². The van der Waals surface area contributed by atoms with Gasteiger partial charge in [0.1, 0.15) is 5.75 Å². The van der Waals surface area contributed by atoms with Crippen LogP contribution in [0, 0.1) is 0 Å². The van der Waals surface area contributed by atoms with Crippen molar-refractivity contribution in [1.82, 2.24) is 10.6 Å². The van der Waals surface area contributed by atoms with E-state index in [1.54, 1.807) is 7.11 Å². The van der Waals surface area contributed by atoms with Crippen molar-refractivity contribution in [2.45, 2.75) is 57.7 Å². The molecule has 1 heterocycles. The van der Waals surface area contributed by atoms with Gasteiger partial charge in [-0.3, -0.25) is 0 Å². The van der Waals surface area contributed by atoms with Crippen molar-refractivity contribution in [3.05, 3.63) is 29.8 Å². The van der Waals surface area contributed by atoms with Gasteiger partial charge >= 0.3 is 0 Å². The number of nitrogens with one attached hydrogen (secondary N) is 2. The average molecular weight is 276 g/mol. The summed E-state index contributed by atoms with van der Waals surface area (Å²) in [5, 5.41) is 7.34. The number of hydrogen-bond acceptors (Lipinski definition) is 3. The van der Waals surface area contributed by atoms with Crippen molar-refractivity contribution in [3.8, 4) is 5.75 Å². The summed E-state index contributed by atoms with van der Waals surface area (Å²) in [6.45, 7) is 5.70. The molecule has 2 N–H and O–H groups in total. The Morgan fingerprint density at radius 3 is 2.85 bits per heavy atom. The van der Waals surface area contributed by atoms with E-state index in [1.807, 2.05) is 12.1 Å². The van der Waals surface area contributed by atoms with Crippen LogP contribution in [0.2, 0.25) is 0 Å². The van der Waals surface area contributed by atoms with E-state index in [1.165, 1.54) is 31.4 Å². The van der Waals surface area contributed by atoms with Gasteiger partial charge in [-0.15, -0.1) is 0 Å². The second-order valence-electron chi connectivity index (χ2n) is 5.80. The Hall–Kier alpha value is -1.06. The lowest BCUT2D eigenvalue weighted by Crippen LogP contribution is -2.36. The molecule has 112 valence electrons. The normalized spacial score (nSPS) is 21.6. The van der Waals surface area contributed by atoms with Crippen molar-refractivity contribution in [2.24, 2.45) is 0 Å². The Kier molecular flexibility index (Phi) is 5.86. The van der Waals surface area contributed by atoms with Crippen LogP contribution in [0.4, 0.5) is 0 Å². The minimum absolute atomic E-state index is 0.363. The molecule has 1 aromatic carbocycles. The van der Waals surface area contributed by atoms with Gasteiger partial charge in [0.15, 0.2) is 0 Å². The fourth-order valence-electron chi connectivity index (χ4n) is 3.18. The Labute approximate surface area is 123 Å². The third-order valence-corrected chi connectivity index (χ3v) is 4.21. The van der Waals surface area contributed by atoms with E-state index in [0.717, 1.165) is 12.2 Å². The van der Waals surface area contributed by atoms with Crippen LogP contribution >= 0.6 is 0 Å². The lowest BCUT2D eigenvalue weighted by atomic mass is 10.00. The number of methoxy groups -OCH3 is 1. The number of rotatable bonds is 7. The highest BCUT2D eigenvalue weighted by Crippen LogP contribution is 2.27. The monoisotopic (exact) mass is 276 g/mol. The third-order valence-electron chi connectivity index (χ3n) is 4.21. The molecule has 1 fully saturated rings. The summed E-state index contributed by atoms with van der Waals surface area (Å²) in [4.78, 5) is 0. The number of ether oxygens (including phenoxy) is 1. The minimum atomic E-state index is 0.363. The molecule has 0 aliphatic carbocycles. The summed E-state index contributed by atoms with van der Waals surface area (Å²) < 4.78 is 5.49. The van der Waals surface area contributed by atoms with Crippen LogP contribution in [0.5, 0.6) is 5.75 Å². The first-order valence-corrected chi connectivity index (χ1v) is 7.87. The van der Waals surface area contributed by atoms with Crippen LogP contribution in [-0.4, -0.2) is 25.7 Å². The first-order chi connectivity index (χ1) is 9.74. The molecule has 0 saturated carbocycles. The molecule has 3 nitrogen and oxygen atoms in total. The molecule has 1 aliphatic heterocycles. The smallest absolute Gasteiger partial charge is 0.123 e. The summed E-state index contributed by atoms with van der Waals surface area (Å²) in [6, 6.07) is 9.89. The van der Waals surface area contributed by atoms with Gasteiger partial charge in [-0.2, -0.15) is 0 Å². The van der Waals surface area contributed by atoms with Crippen molar-refractivity contribution < 1.29 is 4.74 Å². The van der Waals surface area contributed by atoms with Crippen molar-refractivity contribution >= 4 is 0 Å². The predicted molar refractivity (Wildman–Crippen MR) is 84.3 cm³/mol. The van der Waals surface area contributed by atoms with Crippen LogP contribution in [0.1, 0.15) is 51.1 Å². The number of benzene rings is 1. The highest BCUT2D eigenvalue weighted by Gasteiger charge is 2.20. The van der Waals surface area contributed by atoms with Gasteiger partial charge in [0.05, 0.1) is 7.11 Å². The molecule has 1 aliphatic rings. The predicted octanol–water partition coefficient (Wildman–Crippen LogP) is 3.27. The van der Waals surface area contributed by atoms with Crippen molar-refractivity contribution in [1.29, 1.82) is 0 Å². The molecule has 3 heteroatoms. The molecule has 3 atom stereocenters. The van der Waals surface area contributed by atoms with E-state index in [2.05, 4.69) is 36.6 Å². The Bertz CT molecular complexity index is 402. The molecular formula is C17H28N2O. The van der Waals surface area contributed by atoms with Gasteiger partial charge in [0.2, 0.25) is 0 Å². The summed E-state index contributed by atoms with van der Waals surface area (Å²) in [6.07, 6.45) is 4.91. The standard InChI is InChI=1S/C17H28N2O/c1-4-16(15-9-5-6-10-17(15)20-3)19-13(2)12-14-8-7-11-18-14/h5-6,9-10,13-14,16,18-19H,4,7-8,11-12H2,1-3H3. The number of hydrogen-bond donors (Lipinski definition) is 2. The van der Waals surface area contributed by atoms with Gasteiger partial charge in [0, 0.05) is 23.7 Å². The Morgan fingerprint density at radius 1 is 1.40 bits per heavy atom. The lowest BCUT2D eigenvalue weighted by Gasteiger charge is -2.26. The molecule has 1 aromatic rings. The Morgan fingerprint density at radius 2 is 2.20 bits per heavy atom. The van der Waals surface area contributed by atoms with E-state index in [4.69, 9.17) is 4.74 Å². The second-order valence-corrected chi connectivity index (χ2v) is 5.80. The molecule has 3 unspecified atom stereocenters. The van der Waals surface area contributed by atoms with Gasteiger partial charge < -0.3 is 15.4 Å². The van der Waals surface area contributed by atoms with Gasteiger partial charge in [-0.05, 0) is 45.2 Å². The number of para-hydroxylation sites is 1. The van der Waals surface area contributed by atoms with Crippen molar-refractivity contribution in [2.75, 3.05) is 13.7 Å². The SMILES string of the molecule is CCC(NC(C)CC1CCCN1)c1ccccc1OC. The zero-order valence-electron chi connectivity index (χ0n) is 13.0. The van der Waals surface area contributed by atoms with Crippen LogP contribution in [-0.2, 0) is 0 Å². The molecule has 0 aromatic heterocycles. The molecule has 2 rings (SSSR count). The largest absolute Gasteiger partial charge is 0.496 e. The maximum atomic E-state index is 5.49. The van der Waals surface area contributed by atoms with E-state index in [9.17, 15) is 0 Å². The zero-order valence-corrected chi connectivity index (χ0v) is 13.0. The van der Waals surface area contributed by atoms with E-state index < -0.39 is 0 Å². The fourth-order valence-corrected chi connectivity index (χ4v) is 3.18. The van der Waals surface area contributed by atoms with Gasteiger partial charge in [-0.1, -0.05) is 25.1 Å². The van der Waals surface area contributed by atoms with E-state index >= 15 is 0 Å². The van der Waals surface area contributed by atoms with E-state index in [0.29, 0.717) is 18.1 Å². The van der Waals surface area contributed by atoms with E-state index in [-0.39, 0.29) is 0 Å². The molecule has 0 spiro atoms. The second kappa shape index (κ2) is 7.65. The highest BCUT2D eigenvalue weighted by atomic mass is 16.5. The average Bonchev–Trinajstić information content (AvgIpc) is 2.97. The molecule has 0 radical (unpaired) electrons. The topological polar surface area (TPSA) is 33.3 Å². The molecule has 0 amide bonds. The lowest BCUT2D eigenvalue weighted by molar-refractivity contribution is 0.368. The molecule has 20 heavy (non-hydrogen) atoms. The van der Waals surface area contributed by atoms with Crippen molar-refractivity contribution in [3.63, 3.8) is 0 Å². The molecule has 0 bridgehead atoms. The summed E-state index contributed by atoms with van der Waals surface area (Å²) in [7, 11) is 1.75. The molecular weight excluding hydrogens is 248 g/mol. The summed E-state index contributed by atoms with van der Waals surface area (Å²) in [5.74, 6) is 0.984.